The van der Waals surface area contributed by atoms with Gasteiger partial charge in [-0.15, -0.1) is 0 Å². The van der Waals surface area contributed by atoms with Crippen LogP contribution in [0.15, 0.2) is 11.4 Å². The van der Waals surface area contributed by atoms with Crippen LogP contribution < -0.4 is 5.43 Å². The number of hydrogen-bond donors (Lipinski definition) is 2. The van der Waals surface area contributed by atoms with Crippen molar-refractivity contribution in [3.8, 4) is 0 Å². The Kier molecular flexibility index (Phi) is 2.49. The van der Waals surface area contributed by atoms with E-state index in [1.807, 2.05) is 11.8 Å². The molecular formula is C7H11N5S. The standard InChI is InChI=1S/C7H11N5S/c1-5-2-13-3-6(5)10-12-7-8-4-9-11-7/h4-5H,2-3H2,1H3,(H2,8,9,11,12)/b10-6+. The van der Waals surface area contributed by atoms with Crippen LogP contribution in [0.5, 0.6) is 0 Å². The average molecular weight is 197 g/mol. The van der Waals surface area contributed by atoms with Crippen LogP contribution in [-0.2, 0) is 0 Å². The molecule has 1 aromatic heterocycles. The highest BCUT2D eigenvalue weighted by molar-refractivity contribution is 8.00. The lowest BCUT2D eigenvalue weighted by molar-refractivity contribution is 0.907. The molecule has 5 nitrogen and oxygen atoms in total. The summed E-state index contributed by atoms with van der Waals surface area (Å²) >= 11 is 1.91. The van der Waals surface area contributed by atoms with Crippen molar-refractivity contribution in [2.24, 2.45) is 11.0 Å². The van der Waals surface area contributed by atoms with Crippen molar-refractivity contribution in [3.05, 3.63) is 6.33 Å². The lowest BCUT2D eigenvalue weighted by Gasteiger charge is -2.01. The van der Waals surface area contributed by atoms with E-state index in [9.17, 15) is 0 Å². The first-order valence-electron chi connectivity index (χ1n) is 4.12. The summed E-state index contributed by atoms with van der Waals surface area (Å²) in [5.74, 6) is 3.34. The molecule has 1 aliphatic heterocycles. The van der Waals surface area contributed by atoms with Crippen molar-refractivity contribution in [3.63, 3.8) is 0 Å². The Balaban J connectivity index is 1.97. The molecule has 1 atom stereocenters. The normalized spacial score (nSPS) is 25.3. The number of nitrogens with zero attached hydrogens (tertiary/aromatic N) is 3. The van der Waals surface area contributed by atoms with Gasteiger partial charge in [-0.3, -0.25) is 0 Å². The van der Waals surface area contributed by atoms with E-state index in [0.29, 0.717) is 11.9 Å². The molecule has 1 unspecified atom stereocenters. The van der Waals surface area contributed by atoms with Gasteiger partial charge in [0, 0.05) is 17.4 Å². The predicted molar refractivity (Wildman–Crippen MR) is 53.9 cm³/mol. The molecular weight excluding hydrogens is 186 g/mol. The maximum atomic E-state index is 4.26. The molecule has 2 rings (SSSR count). The van der Waals surface area contributed by atoms with Crippen molar-refractivity contribution in [2.75, 3.05) is 16.9 Å². The number of H-pyrrole nitrogens is 1. The number of aromatic nitrogens is 3. The Morgan fingerprint density at radius 3 is 3.31 bits per heavy atom. The quantitative estimate of drug-likeness (QED) is 0.693. The van der Waals surface area contributed by atoms with Crippen LogP contribution in [0.25, 0.3) is 0 Å². The van der Waals surface area contributed by atoms with Gasteiger partial charge >= 0.3 is 0 Å². The molecule has 0 spiro atoms. The second-order valence-corrected chi connectivity index (χ2v) is 4.00. The van der Waals surface area contributed by atoms with Gasteiger partial charge in [0.05, 0.1) is 5.71 Å². The second-order valence-electron chi connectivity index (χ2n) is 2.97. The Hall–Kier alpha value is -1.04. The van der Waals surface area contributed by atoms with Gasteiger partial charge in [-0.05, 0) is 0 Å². The highest BCUT2D eigenvalue weighted by Gasteiger charge is 2.18. The molecule has 13 heavy (non-hydrogen) atoms. The van der Waals surface area contributed by atoms with Gasteiger partial charge in [-0.1, -0.05) is 6.92 Å². The minimum atomic E-state index is 0.570. The topological polar surface area (TPSA) is 66.0 Å². The summed E-state index contributed by atoms with van der Waals surface area (Å²) in [6.45, 7) is 2.18. The third kappa shape index (κ3) is 2.00. The smallest absolute Gasteiger partial charge is 0.239 e. The average Bonchev–Trinajstić information content (AvgIpc) is 2.72. The first kappa shape index (κ1) is 8.55. The maximum Gasteiger partial charge on any atom is 0.239 e. The molecule has 0 bridgehead atoms. The van der Waals surface area contributed by atoms with E-state index < -0.39 is 0 Å². The van der Waals surface area contributed by atoms with Crippen molar-refractivity contribution >= 4 is 23.4 Å². The zero-order valence-electron chi connectivity index (χ0n) is 7.32. The van der Waals surface area contributed by atoms with E-state index in [4.69, 9.17) is 0 Å². The van der Waals surface area contributed by atoms with Gasteiger partial charge < -0.3 is 0 Å². The molecule has 70 valence electrons. The Labute approximate surface area is 80.4 Å². The molecule has 2 N–H and O–H groups in total. The first-order chi connectivity index (χ1) is 6.36. The summed E-state index contributed by atoms with van der Waals surface area (Å²) in [5, 5.41) is 10.7. The number of rotatable bonds is 2. The fourth-order valence-electron chi connectivity index (χ4n) is 1.11. The van der Waals surface area contributed by atoms with Gasteiger partial charge in [0.25, 0.3) is 0 Å². The van der Waals surface area contributed by atoms with Gasteiger partial charge in [-0.2, -0.15) is 26.9 Å². The third-order valence-corrected chi connectivity index (χ3v) is 3.14. The lowest BCUT2D eigenvalue weighted by atomic mass is 10.1. The maximum absolute atomic E-state index is 4.26. The summed E-state index contributed by atoms with van der Waals surface area (Å²) in [4.78, 5) is 3.91. The number of nitrogens with one attached hydrogen (secondary N) is 2. The number of anilines is 1. The van der Waals surface area contributed by atoms with E-state index in [1.54, 1.807) is 0 Å². The largest absolute Gasteiger partial charge is 0.246 e. The molecule has 1 fully saturated rings. The minimum absolute atomic E-state index is 0.570. The number of thioether (sulfide) groups is 1. The number of aromatic amines is 1. The van der Waals surface area contributed by atoms with Crippen LogP contribution in [0.2, 0.25) is 0 Å². The molecule has 1 saturated heterocycles. The molecule has 6 heteroatoms. The van der Waals surface area contributed by atoms with Crippen molar-refractivity contribution in [1.29, 1.82) is 0 Å². The molecule has 0 aromatic carbocycles. The van der Waals surface area contributed by atoms with Crippen LogP contribution in [0, 0.1) is 5.92 Å². The molecule has 1 aliphatic rings. The highest BCUT2D eigenvalue weighted by atomic mass is 32.2. The molecule has 0 radical (unpaired) electrons. The van der Waals surface area contributed by atoms with Crippen molar-refractivity contribution < 1.29 is 0 Å². The van der Waals surface area contributed by atoms with E-state index >= 15 is 0 Å². The van der Waals surface area contributed by atoms with Gasteiger partial charge in [0.2, 0.25) is 5.95 Å². The summed E-state index contributed by atoms with van der Waals surface area (Å²) in [5.41, 5.74) is 4.04. The highest BCUT2D eigenvalue weighted by Crippen LogP contribution is 2.20. The Morgan fingerprint density at radius 2 is 2.69 bits per heavy atom. The van der Waals surface area contributed by atoms with Crippen molar-refractivity contribution in [1.82, 2.24) is 15.2 Å². The molecule has 0 aliphatic carbocycles. The van der Waals surface area contributed by atoms with Gasteiger partial charge in [-0.25, -0.2) is 10.5 Å². The fourth-order valence-corrected chi connectivity index (χ4v) is 2.33. The molecule has 1 aromatic rings. The SMILES string of the molecule is CC1CSC/C1=N\Nc1ncn[nH]1. The van der Waals surface area contributed by atoms with Gasteiger partial charge in [0.15, 0.2) is 0 Å². The fraction of sp³-hybridized carbons (Fsp3) is 0.571. The molecule has 2 heterocycles. The summed E-state index contributed by atoms with van der Waals surface area (Å²) in [6, 6.07) is 0. The van der Waals surface area contributed by atoms with E-state index in [-0.39, 0.29) is 0 Å². The first-order valence-corrected chi connectivity index (χ1v) is 5.27. The monoisotopic (exact) mass is 197 g/mol. The minimum Gasteiger partial charge on any atom is -0.246 e. The predicted octanol–water partition coefficient (Wildman–Crippen LogP) is 0.955. The van der Waals surface area contributed by atoms with Crippen LogP contribution in [0.1, 0.15) is 6.92 Å². The van der Waals surface area contributed by atoms with E-state index in [2.05, 4.69) is 32.6 Å². The lowest BCUT2D eigenvalue weighted by Crippen LogP contribution is -2.10. The third-order valence-electron chi connectivity index (χ3n) is 1.91. The summed E-state index contributed by atoms with van der Waals surface area (Å²) in [7, 11) is 0. The number of hydrogen-bond acceptors (Lipinski definition) is 5. The molecule has 0 amide bonds. The van der Waals surface area contributed by atoms with Gasteiger partial charge in [0.1, 0.15) is 6.33 Å². The number of hydrazone groups is 1. The van der Waals surface area contributed by atoms with E-state index in [1.165, 1.54) is 12.0 Å². The van der Waals surface area contributed by atoms with E-state index in [0.717, 1.165) is 11.5 Å². The summed E-state index contributed by atoms with van der Waals surface area (Å²) < 4.78 is 0. The second kappa shape index (κ2) is 3.78. The van der Waals surface area contributed by atoms with Crippen LogP contribution >= 0.6 is 11.8 Å². The zero-order valence-corrected chi connectivity index (χ0v) is 8.14. The van der Waals surface area contributed by atoms with Crippen LogP contribution in [-0.4, -0.2) is 32.4 Å². The van der Waals surface area contributed by atoms with Crippen LogP contribution in [0.4, 0.5) is 5.95 Å². The van der Waals surface area contributed by atoms with Crippen molar-refractivity contribution in [2.45, 2.75) is 6.92 Å². The Bertz CT molecular complexity index is 294. The summed E-state index contributed by atoms with van der Waals surface area (Å²) in [6.07, 6.45) is 1.45. The Morgan fingerprint density at radius 1 is 1.77 bits per heavy atom. The zero-order chi connectivity index (χ0) is 9.10. The molecule has 0 saturated carbocycles. The van der Waals surface area contributed by atoms with Crippen LogP contribution in [0.3, 0.4) is 0 Å².